The second-order valence-corrected chi connectivity index (χ2v) is 4.45. The first kappa shape index (κ1) is 14.9. The van der Waals surface area contributed by atoms with Crippen LogP contribution in [0.3, 0.4) is 0 Å². The molecule has 1 aromatic heterocycles. The van der Waals surface area contributed by atoms with Gasteiger partial charge in [0.1, 0.15) is 0 Å². The lowest BCUT2D eigenvalue weighted by Gasteiger charge is -2.16. The number of hydrogen-bond donors (Lipinski definition) is 1. The smallest absolute Gasteiger partial charge is 0.312 e. The molecule has 0 fully saturated rings. The van der Waals surface area contributed by atoms with Gasteiger partial charge in [-0.1, -0.05) is 18.2 Å². The second kappa shape index (κ2) is 5.46. The maximum absolute atomic E-state index is 13.0. The fourth-order valence-corrected chi connectivity index (χ4v) is 2.36. The van der Waals surface area contributed by atoms with Crippen LogP contribution in [-0.2, 0) is 19.1 Å². The summed E-state index contributed by atoms with van der Waals surface area (Å²) >= 11 is 0. The van der Waals surface area contributed by atoms with Crippen LogP contribution in [0.15, 0.2) is 30.3 Å². The molecule has 1 aromatic carbocycles. The third kappa shape index (κ3) is 2.53. The third-order valence-electron chi connectivity index (χ3n) is 3.20. The Morgan fingerprint density at radius 1 is 1.15 bits per heavy atom. The van der Waals surface area contributed by atoms with Gasteiger partial charge in [0.15, 0.2) is 5.69 Å². The molecule has 0 spiro atoms. The molecule has 0 atom stereocenters. The van der Waals surface area contributed by atoms with Gasteiger partial charge in [-0.3, -0.25) is 0 Å². The quantitative estimate of drug-likeness (QED) is 0.878. The van der Waals surface area contributed by atoms with Gasteiger partial charge in [0, 0.05) is 25.1 Å². The van der Waals surface area contributed by atoms with E-state index in [4.69, 9.17) is 0 Å². The van der Waals surface area contributed by atoms with E-state index in [9.17, 15) is 13.2 Å². The van der Waals surface area contributed by atoms with E-state index in [1.165, 1.54) is 4.68 Å². The van der Waals surface area contributed by atoms with Gasteiger partial charge in [-0.2, -0.15) is 18.3 Å². The van der Waals surface area contributed by atoms with E-state index in [0.717, 1.165) is 0 Å². The number of fused-ring (bicyclic) bond motifs is 1. The number of nitrogens with one attached hydrogen (secondary N) is 1. The maximum atomic E-state index is 13.0. The van der Waals surface area contributed by atoms with Gasteiger partial charge in [0.05, 0.1) is 11.4 Å². The number of nitrogens with zero attached hydrogens (tertiary/aromatic N) is 2. The van der Waals surface area contributed by atoms with Crippen molar-refractivity contribution in [3.63, 3.8) is 0 Å². The minimum absolute atomic E-state index is 0. The highest BCUT2D eigenvalue weighted by atomic mass is 35.5. The molecule has 20 heavy (non-hydrogen) atoms. The minimum atomic E-state index is -4.41. The number of para-hydroxylation sites is 1. The molecule has 0 aliphatic carbocycles. The van der Waals surface area contributed by atoms with Crippen LogP contribution in [-0.4, -0.2) is 16.3 Å². The van der Waals surface area contributed by atoms with Gasteiger partial charge in [0.2, 0.25) is 0 Å². The number of aromatic nitrogens is 2. The Bertz CT molecular complexity index is 593. The highest BCUT2D eigenvalue weighted by Crippen LogP contribution is 2.34. The van der Waals surface area contributed by atoms with Crippen LogP contribution in [0.5, 0.6) is 0 Å². The Morgan fingerprint density at radius 2 is 1.85 bits per heavy atom. The summed E-state index contributed by atoms with van der Waals surface area (Å²) < 4.78 is 40.4. The molecule has 1 N–H and O–H groups in total. The van der Waals surface area contributed by atoms with E-state index in [-0.39, 0.29) is 24.5 Å². The molecule has 2 heterocycles. The summed E-state index contributed by atoms with van der Waals surface area (Å²) in [6.45, 7) is 0.889. The lowest BCUT2D eigenvalue weighted by atomic mass is 10.1. The predicted octanol–water partition coefficient (Wildman–Crippen LogP) is 2.96. The van der Waals surface area contributed by atoms with E-state index >= 15 is 0 Å². The molecule has 0 bridgehead atoms. The van der Waals surface area contributed by atoms with Gasteiger partial charge in [-0.05, 0) is 12.1 Å². The highest BCUT2D eigenvalue weighted by Gasteiger charge is 2.39. The summed E-state index contributed by atoms with van der Waals surface area (Å²) in [4.78, 5) is 0. The van der Waals surface area contributed by atoms with E-state index in [1.807, 2.05) is 6.07 Å². The fraction of sp³-hybridized carbons (Fsp3) is 0.308. The summed E-state index contributed by atoms with van der Waals surface area (Å²) in [5.74, 6) is 0. The van der Waals surface area contributed by atoms with Gasteiger partial charge in [0.25, 0.3) is 0 Å². The molecule has 1 aliphatic rings. The molecular weight excluding hydrogens is 291 g/mol. The molecule has 7 heteroatoms. The van der Waals surface area contributed by atoms with Crippen molar-refractivity contribution in [2.24, 2.45) is 0 Å². The Kier molecular flexibility index (Phi) is 4.06. The molecule has 1 aliphatic heterocycles. The van der Waals surface area contributed by atoms with Crippen LogP contribution in [0.4, 0.5) is 13.2 Å². The predicted molar refractivity (Wildman–Crippen MR) is 71.2 cm³/mol. The standard InChI is InChI=1S/C13H12F3N3.ClH/c14-13(15,16)12-10-8-17-7-6-11(10)19(18-12)9-4-2-1-3-5-9;/h1-5,17H,6-8H2;1H. The summed E-state index contributed by atoms with van der Waals surface area (Å²) in [7, 11) is 0. The van der Waals surface area contributed by atoms with Crippen molar-refractivity contribution in [1.82, 2.24) is 15.1 Å². The van der Waals surface area contributed by atoms with Crippen LogP contribution in [0.25, 0.3) is 5.69 Å². The molecule has 2 aromatic rings. The summed E-state index contributed by atoms with van der Waals surface area (Å²) in [5, 5.41) is 6.75. The largest absolute Gasteiger partial charge is 0.435 e. The molecule has 0 unspecified atom stereocenters. The normalized spacial score (nSPS) is 14.6. The van der Waals surface area contributed by atoms with Crippen molar-refractivity contribution in [3.05, 3.63) is 47.3 Å². The monoisotopic (exact) mass is 303 g/mol. The molecular formula is C13H13ClF3N3. The first-order chi connectivity index (χ1) is 9.07. The van der Waals surface area contributed by atoms with E-state index < -0.39 is 11.9 Å². The zero-order valence-corrected chi connectivity index (χ0v) is 11.3. The molecule has 0 radical (unpaired) electrons. The summed E-state index contributed by atoms with van der Waals surface area (Å²) in [6, 6.07) is 8.92. The van der Waals surface area contributed by atoms with Gasteiger partial charge < -0.3 is 5.32 Å². The molecule has 3 rings (SSSR count). The first-order valence-corrected chi connectivity index (χ1v) is 6.01. The average Bonchev–Trinajstić information content (AvgIpc) is 2.79. The lowest BCUT2D eigenvalue weighted by molar-refractivity contribution is -0.142. The number of halogens is 4. The molecule has 3 nitrogen and oxygen atoms in total. The molecule has 108 valence electrons. The zero-order chi connectivity index (χ0) is 13.5. The number of benzene rings is 1. The minimum Gasteiger partial charge on any atom is -0.312 e. The average molecular weight is 304 g/mol. The zero-order valence-electron chi connectivity index (χ0n) is 10.4. The van der Waals surface area contributed by atoms with Gasteiger partial charge in [-0.25, -0.2) is 4.68 Å². The van der Waals surface area contributed by atoms with Crippen LogP contribution < -0.4 is 5.32 Å². The SMILES string of the molecule is Cl.FC(F)(F)c1nn(-c2ccccc2)c2c1CNCC2. The van der Waals surface area contributed by atoms with E-state index in [2.05, 4.69) is 10.4 Å². The highest BCUT2D eigenvalue weighted by molar-refractivity contribution is 5.85. The van der Waals surface area contributed by atoms with Crippen molar-refractivity contribution in [2.45, 2.75) is 19.1 Å². The lowest BCUT2D eigenvalue weighted by Crippen LogP contribution is -2.25. The van der Waals surface area contributed by atoms with Crippen molar-refractivity contribution < 1.29 is 13.2 Å². The van der Waals surface area contributed by atoms with Crippen LogP contribution in [0.1, 0.15) is 17.0 Å². The molecule has 0 amide bonds. The van der Waals surface area contributed by atoms with Crippen LogP contribution >= 0.6 is 12.4 Å². The van der Waals surface area contributed by atoms with Crippen molar-refractivity contribution in [1.29, 1.82) is 0 Å². The third-order valence-corrected chi connectivity index (χ3v) is 3.20. The Balaban J connectivity index is 0.00000147. The Labute approximate surface area is 120 Å². The number of alkyl halides is 3. The van der Waals surface area contributed by atoms with Gasteiger partial charge >= 0.3 is 6.18 Å². The molecule has 0 saturated carbocycles. The Hall–Kier alpha value is -1.53. The van der Waals surface area contributed by atoms with Crippen LogP contribution in [0, 0.1) is 0 Å². The second-order valence-electron chi connectivity index (χ2n) is 4.45. The Morgan fingerprint density at radius 3 is 2.50 bits per heavy atom. The fourth-order valence-electron chi connectivity index (χ4n) is 2.36. The molecule has 0 saturated heterocycles. The van der Waals surface area contributed by atoms with Crippen molar-refractivity contribution in [2.75, 3.05) is 6.54 Å². The summed E-state index contributed by atoms with van der Waals surface area (Å²) in [6.07, 6.45) is -3.86. The van der Waals surface area contributed by atoms with Crippen LogP contribution in [0.2, 0.25) is 0 Å². The maximum Gasteiger partial charge on any atom is 0.435 e. The topological polar surface area (TPSA) is 29.9 Å². The first-order valence-electron chi connectivity index (χ1n) is 6.01. The van der Waals surface area contributed by atoms with E-state index in [0.29, 0.717) is 24.3 Å². The van der Waals surface area contributed by atoms with Gasteiger partial charge in [-0.15, -0.1) is 12.4 Å². The van der Waals surface area contributed by atoms with E-state index in [1.54, 1.807) is 24.3 Å². The number of rotatable bonds is 1. The number of hydrogen-bond acceptors (Lipinski definition) is 2. The van der Waals surface area contributed by atoms with Crippen molar-refractivity contribution in [3.8, 4) is 5.69 Å². The summed E-state index contributed by atoms with van der Waals surface area (Å²) in [5.41, 5.74) is 0.801. The van der Waals surface area contributed by atoms with Crippen molar-refractivity contribution >= 4 is 12.4 Å².